The van der Waals surface area contributed by atoms with E-state index >= 15 is 0 Å². The molecule has 0 aromatic rings. The third kappa shape index (κ3) is 5.22. The number of hydrogen-bond donors (Lipinski definition) is 3. The lowest BCUT2D eigenvalue weighted by Gasteiger charge is -2.30. The average molecular weight is 259 g/mol. The van der Waals surface area contributed by atoms with Crippen molar-refractivity contribution in [3.8, 4) is 0 Å². The zero-order chi connectivity index (χ0) is 13.4. The molecule has 0 aromatic carbocycles. The van der Waals surface area contributed by atoms with E-state index in [0.29, 0.717) is 32.7 Å². The van der Waals surface area contributed by atoms with Gasteiger partial charge < -0.3 is 25.4 Å². The second kappa shape index (κ2) is 7.75. The van der Waals surface area contributed by atoms with Crippen LogP contribution in [0.1, 0.15) is 20.3 Å². The summed E-state index contributed by atoms with van der Waals surface area (Å²) in [6.07, 6.45) is -0.202. The van der Waals surface area contributed by atoms with Gasteiger partial charge in [-0.05, 0) is 20.3 Å². The van der Waals surface area contributed by atoms with Crippen molar-refractivity contribution in [2.75, 3.05) is 26.3 Å². The highest BCUT2D eigenvalue weighted by Gasteiger charge is 2.24. The maximum atomic E-state index is 11.3. The fourth-order valence-electron chi connectivity index (χ4n) is 1.84. The Hall–Kier alpha value is -1.50. The van der Waals surface area contributed by atoms with E-state index in [-0.39, 0.29) is 12.1 Å². The van der Waals surface area contributed by atoms with Crippen LogP contribution in [0.25, 0.3) is 0 Å². The Kier molecular flexibility index (Phi) is 6.27. The predicted molar refractivity (Wildman–Crippen MR) is 65.4 cm³/mol. The first-order valence-corrected chi connectivity index (χ1v) is 6.23. The molecule has 0 saturated carbocycles. The highest BCUT2D eigenvalue weighted by atomic mass is 16.6. The SMILES string of the molecule is CCOC(=O)N[C@@H]1CNC[C@@H](NC(=O)OCC)C1. The Morgan fingerprint density at radius 1 is 1.06 bits per heavy atom. The summed E-state index contributed by atoms with van der Waals surface area (Å²) in [7, 11) is 0. The van der Waals surface area contributed by atoms with Gasteiger partial charge in [-0.2, -0.15) is 0 Å². The molecule has 1 fully saturated rings. The highest BCUT2D eigenvalue weighted by molar-refractivity contribution is 5.68. The van der Waals surface area contributed by atoms with Crippen LogP contribution in [0.4, 0.5) is 9.59 Å². The first-order chi connectivity index (χ1) is 8.65. The fourth-order valence-corrected chi connectivity index (χ4v) is 1.84. The Morgan fingerprint density at radius 3 is 1.89 bits per heavy atom. The molecule has 18 heavy (non-hydrogen) atoms. The molecule has 0 spiro atoms. The molecular weight excluding hydrogens is 238 g/mol. The number of carbonyl (C=O) groups excluding carboxylic acids is 2. The van der Waals surface area contributed by atoms with Crippen molar-refractivity contribution in [2.24, 2.45) is 0 Å². The van der Waals surface area contributed by atoms with Gasteiger partial charge in [0.1, 0.15) is 0 Å². The van der Waals surface area contributed by atoms with Gasteiger partial charge in [-0.3, -0.25) is 0 Å². The molecule has 1 aliphatic rings. The number of alkyl carbamates (subject to hydrolysis) is 2. The van der Waals surface area contributed by atoms with E-state index in [1.54, 1.807) is 13.8 Å². The van der Waals surface area contributed by atoms with E-state index in [1.165, 1.54) is 0 Å². The van der Waals surface area contributed by atoms with Crippen LogP contribution in [0.3, 0.4) is 0 Å². The Labute approximate surface area is 107 Å². The van der Waals surface area contributed by atoms with E-state index in [2.05, 4.69) is 16.0 Å². The molecule has 1 saturated heterocycles. The number of rotatable bonds is 4. The maximum Gasteiger partial charge on any atom is 0.407 e. The van der Waals surface area contributed by atoms with Gasteiger partial charge in [-0.1, -0.05) is 0 Å². The van der Waals surface area contributed by atoms with Crippen molar-refractivity contribution in [1.29, 1.82) is 0 Å². The zero-order valence-corrected chi connectivity index (χ0v) is 10.8. The molecule has 0 radical (unpaired) electrons. The lowest BCUT2D eigenvalue weighted by molar-refractivity contribution is 0.138. The number of carbonyl (C=O) groups is 2. The van der Waals surface area contributed by atoms with Crippen molar-refractivity contribution >= 4 is 12.2 Å². The monoisotopic (exact) mass is 259 g/mol. The van der Waals surface area contributed by atoms with Crippen LogP contribution in [0.2, 0.25) is 0 Å². The molecule has 7 nitrogen and oxygen atoms in total. The summed E-state index contributed by atoms with van der Waals surface area (Å²) < 4.78 is 9.62. The molecular formula is C11H21N3O4. The van der Waals surface area contributed by atoms with Gasteiger partial charge in [0.05, 0.1) is 13.2 Å². The summed E-state index contributed by atoms with van der Waals surface area (Å²) in [6, 6.07) is -0.102. The second-order valence-corrected chi connectivity index (χ2v) is 4.02. The van der Waals surface area contributed by atoms with Gasteiger partial charge >= 0.3 is 12.2 Å². The van der Waals surface area contributed by atoms with Crippen LogP contribution in [-0.2, 0) is 9.47 Å². The second-order valence-electron chi connectivity index (χ2n) is 4.02. The minimum atomic E-state index is -0.430. The van der Waals surface area contributed by atoms with Crippen molar-refractivity contribution < 1.29 is 19.1 Å². The first kappa shape index (κ1) is 14.6. The Bertz CT molecular complexity index is 259. The van der Waals surface area contributed by atoms with E-state index in [9.17, 15) is 9.59 Å². The van der Waals surface area contributed by atoms with Gasteiger partial charge in [0.25, 0.3) is 0 Å². The van der Waals surface area contributed by atoms with Gasteiger partial charge in [0.15, 0.2) is 0 Å². The largest absolute Gasteiger partial charge is 0.450 e. The van der Waals surface area contributed by atoms with Crippen molar-refractivity contribution in [3.63, 3.8) is 0 Å². The van der Waals surface area contributed by atoms with Crippen LogP contribution >= 0.6 is 0 Å². The summed E-state index contributed by atoms with van der Waals surface area (Å²) in [5.74, 6) is 0. The quantitative estimate of drug-likeness (QED) is 0.671. The third-order valence-corrected chi connectivity index (χ3v) is 2.55. The minimum absolute atomic E-state index is 0.0512. The van der Waals surface area contributed by atoms with Crippen LogP contribution < -0.4 is 16.0 Å². The summed E-state index contributed by atoms with van der Waals surface area (Å²) in [5.41, 5.74) is 0. The summed E-state index contributed by atoms with van der Waals surface area (Å²) in [6.45, 7) is 5.53. The number of hydrogen-bond acceptors (Lipinski definition) is 5. The summed E-state index contributed by atoms with van der Waals surface area (Å²) in [5, 5.41) is 8.62. The standard InChI is InChI=1S/C11H21N3O4/c1-3-17-10(15)13-8-5-9(7-12-6-8)14-11(16)18-4-2/h8-9,12H,3-7H2,1-2H3,(H,13,15)(H,14,16)/t8-,9-/m0/s1. The molecule has 0 aliphatic carbocycles. The molecule has 0 aromatic heterocycles. The van der Waals surface area contributed by atoms with Gasteiger partial charge in [-0.15, -0.1) is 0 Å². The van der Waals surface area contributed by atoms with Gasteiger partial charge in [0, 0.05) is 25.2 Å². The predicted octanol–water partition coefficient (Wildman–Crippen LogP) is 0.209. The van der Waals surface area contributed by atoms with Crippen LogP contribution in [0, 0.1) is 0 Å². The molecule has 2 atom stereocenters. The van der Waals surface area contributed by atoms with Gasteiger partial charge in [-0.25, -0.2) is 9.59 Å². The number of amides is 2. The molecule has 3 N–H and O–H groups in total. The zero-order valence-electron chi connectivity index (χ0n) is 10.8. The lowest BCUT2D eigenvalue weighted by Crippen LogP contribution is -2.55. The highest BCUT2D eigenvalue weighted by Crippen LogP contribution is 2.04. The number of nitrogens with one attached hydrogen (secondary N) is 3. The third-order valence-electron chi connectivity index (χ3n) is 2.55. The molecule has 1 rings (SSSR count). The average Bonchev–Trinajstić information content (AvgIpc) is 2.29. The molecule has 104 valence electrons. The van der Waals surface area contributed by atoms with E-state index in [4.69, 9.17) is 9.47 Å². The molecule has 2 amide bonds. The normalized spacial score (nSPS) is 23.0. The smallest absolute Gasteiger partial charge is 0.407 e. The van der Waals surface area contributed by atoms with Crippen LogP contribution in [0.5, 0.6) is 0 Å². The molecule has 1 aliphatic heterocycles. The lowest BCUT2D eigenvalue weighted by atomic mass is 10.0. The van der Waals surface area contributed by atoms with Crippen molar-refractivity contribution in [2.45, 2.75) is 32.4 Å². The topological polar surface area (TPSA) is 88.7 Å². The Morgan fingerprint density at radius 2 is 1.50 bits per heavy atom. The molecule has 0 bridgehead atoms. The van der Waals surface area contributed by atoms with E-state index < -0.39 is 12.2 Å². The molecule has 7 heteroatoms. The van der Waals surface area contributed by atoms with Crippen LogP contribution in [-0.4, -0.2) is 50.6 Å². The van der Waals surface area contributed by atoms with Gasteiger partial charge in [0.2, 0.25) is 0 Å². The van der Waals surface area contributed by atoms with Crippen molar-refractivity contribution in [3.05, 3.63) is 0 Å². The summed E-state index contributed by atoms with van der Waals surface area (Å²) >= 11 is 0. The fraction of sp³-hybridized carbons (Fsp3) is 0.818. The van der Waals surface area contributed by atoms with Crippen LogP contribution in [0.15, 0.2) is 0 Å². The maximum absolute atomic E-state index is 11.3. The van der Waals surface area contributed by atoms with E-state index in [0.717, 1.165) is 0 Å². The Balaban J connectivity index is 2.31. The summed E-state index contributed by atoms with van der Waals surface area (Å²) in [4.78, 5) is 22.5. The van der Waals surface area contributed by atoms with Crippen molar-refractivity contribution in [1.82, 2.24) is 16.0 Å². The number of piperidine rings is 1. The first-order valence-electron chi connectivity index (χ1n) is 6.23. The minimum Gasteiger partial charge on any atom is -0.450 e. The van der Waals surface area contributed by atoms with E-state index in [1.807, 2.05) is 0 Å². The molecule has 1 heterocycles. The molecule has 0 unspecified atom stereocenters. The number of ether oxygens (including phenoxy) is 2.